The van der Waals surface area contributed by atoms with Gasteiger partial charge in [-0.3, -0.25) is 14.3 Å². The van der Waals surface area contributed by atoms with Crippen LogP contribution in [0.1, 0.15) is 51.4 Å². The molecule has 0 bridgehead atoms. The molecule has 2 amide bonds. The van der Waals surface area contributed by atoms with E-state index in [0.717, 1.165) is 12.1 Å². The molecule has 9 nitrogen and oxygen atoms in total. The maximum Gasteiger partial charge on any atom is 0.417 e. The Hall–Kier alpha value is -3.80. The summed E-state index contributed by atoms with van der Waals surface area (Å²) in [5, 5.41) is 6.87. The summed E-state index contributed by atoms with van der Waals surface area (Å²) in [6.07, 6.45) is -1.67. The van der Waals surface area contributed by atoms with E-state index >= 15 is 0 Å². The first-order chi connectivity index (χ1) is 17.6. The monoisotopic (exact) mass is 537 g/mol. The number of nitrogens with one attached hydrogen (secondary N) is 1. The summed E-state index contributed by atoms with van der Waals surface area (Å²) in [4.78, 5) is 32.0. The number of anilines is 1. The molecule has 1 aromatic carbocycles. The Morgan fingerprint density at radius 2 is 1.95 bits per heavy atom. The third-order valence-electron chi connectivity index (χ3n) is 5.98. The number of ether oxygens (including phenoxy) is 2. The van der Waals surface area contributed by atoms with Gasteiger partial charge < -0.3 is 19.7 Å². The number of pyridine rings is 1. The van der Waals surface area contributed by atoms with E-state index in [-0.39, 0.29) is 41.1 Å². The molecule has 0 aliphatic carbocycles. The zero-order valence-corrected chi connectivity index (χ0v) is 20.9. The molecule has 3 heterocycles. The summed E-state index contributed by atoms with van der Waals surface area (Å²) >= 11 is 5.74. The molecule has 3 aromatic rings. The smallest absolute Gasteiger partial charge is 0.417 e. The molecule has 196 valence electrons. The summed E-state index contributed by atoms with van der Waals surface area (Å²) in [6.45, 7) is 2.41. The molecule has 0 saturated carbocycles. The van der Waals surface area contributed by atoms with E-state index in [1.807, 2.05) is 6.92 Å². The Morgan fingerprint density at radius 3 is 2.59 bits per heavy atom. The van der Waals surface area contributed by atoms with Crippen LogP contribution in [0.15, 0.2) is 36.7 Å². The van der Waals surface area contributed by atoms with Crippen molar-refractivity contribution in [3.63, 3.8) is 0 Å². The Bertz CT molecular complexity index is 1340. The first-order valence-corrected chi connectivity index (χ1v) is 11.6. The fourth-order valence-electron chi connectivity index (χ4n) is 4.26. The molecule has 1 atom stereocenters. The van der Waals surface area contributed by atoms with Gasteiger partial charge in [0.1, 0.15) is 0 Å². The van der Waals surface area contributed by atoms with Gasteiger partial charge in [-0.25, -0.2) is 4.98 Å². The zero-order chi connectivity index (χ0) is 26.9. The number of nitrogens with zero attached hydrogens (tertiary/aromatic N) is 4. The van der Waals surface area contributed by atoms with Gasteiger partial charge in [-0.15, -0.1) is 0 Å². The van der Waals surface area contributed by atoms with Crippen molar-refractivity contribution in [2.24, 2.45) is 0 Å². The van der Waals surface area contributed by atoms with E-state index in [4.69, 9.17) is 21.1 Å². The van der Waals surface area contributed by atoms with Crippen LogP contribution >= 0.6 is 11.6 Å². The summed E-state index contributed by atoms with van der Waals surface area (Å²) in [7, 11) is 2.86. The van der Waals surface area contributed by atoms with E-state index in [2.05, 4.69) is 15.4 Å². The van der Waals surface area contributed by atoms with Crippen molar-refractivity contribution in [1.29, 1.82) is 0 Å². The third kappa shape index (κ3) is 5.06. The largest absolute Gasteiger partial charge is 0.491 e. The average molecular weight is 538 g/mol. The molecule has 0 unspecified atom stereocenters. The lowest BCUT2D eigenvalue weighted by Crippen LogP contribution is -2.42. The number of fused-ring (bicyclic) bond motifs is 1. The summed E-state index contributed by atoms with van der Waals surface area (Å²) in [5.41, 5.74) is -0.491. The van der Waals surface area contributed by atoms with Gasteiger partial charge in [0.05, 0.1) is 54.5 Å². The summed E-state index contributed by atoms with van der Waals surface area (Å²) in [5.74, 6) is -0.788. The topological polar surface area (TPSA) is 98.6 Å². The molecule has 4 rings (SSSR count). The number of aromatic nitrogens is 3. The fraction of sp³-hybridized carbons (Fsp3) is 0.333. The third-order valence-corrected chi connectivity index (χ3v) is 6.22. The summed E-state index contributed by atoms with van der Waals surface area (Å²) in [6, 6.07) is 3.81. The van der Waals surface area contributed by atoms with E-state index in [0.29, 0.717) is 17.9 Å². The molecule has 0 saturated heterocycles. The van der Waals surface area contributed by atoms with Crippen LogP contribution in [0.3, 0.4) is 0 Å². The SMILES string of the molecule is CCn1ncc2c1[C@@H](NC(=O)c1ccc(Cl)cc1C(F)(F)F)CCN2C(=O)c1cnc(OC)c(OC)c1. The van der Waals surface area contributed by atoms with Gasteiger partial charge in [-0.2, -0.15) is 18.3 Å². The molecule has 0 fully saturated rings. The number of aryl methyl sites for hydroxylation is 1. The zero-order valence-electron chi connectivity index (χ0n) is 20.1. The molecular formula is C24H23ClF3N5O4. The summed E-state index contributed by atoms with van der Waals surface area (Å²) < 4.78 is 52.6. The minimum absolute atomic E-state index is 0.133. The second-order valence-electron chi connectivity index (χ2n) is 8.13. The number of amides is 2. The molecule has 0 radical (unpaired) electrons. The van der Waals surface area contributed by atoms with E-state index in [1.165, 1.54) is 43.6 Å². The average Bonchev–Trinajstić information content (AvgIpc) is 3.32. The van der Waals surface area contributed by atoms with Crippen LogP contribution in [0.5, 0.6) is 11.6 Å². The minimum Gasteiger partial charge on any atom is -0.491 e. The number of rotatable bonds is 6. The highest BCUT2D eigenvalue weighted by molar-refractivity contribution is 6.30. The van der Waals surface area contributed by atoms with Crippen LogP contribution in [0.4, 0.5) is 18.9 Å². The molecule has 1 aliphatic rings. The molecule has 1 N–H and O–H groups in total. The van der Waals surface area contributed by atoms with E-state index < -0.39 is 29.3 Å². The van der Waals surface area contributed by atoms with Gasteiger partial charge >= 0.3 is 6.18 Å². The first kappa shape index (κ1) is 26.3. The van der Waals surface area contributed by atoms with Crippen LogP contribution in [0, 0.1) is 0 Å². The number of carbonyl (C=O) groups excluding carboxylic acids is 2. The van der Waals surface area contributed by atoms with E-state index in [1.54, 1.807) is 4.68 Å². The maximum absolute atomic E-state index is 13.6. The highest BCUT2D eigenvalue weighted by Crippen LogP contribution is 2.37. The number of hydrogen-bond acceptors (Lipinski definition) is 6. The Morgan fingerprint density at radius 1 is 1.19 bits per heavy atom. The Balaban J connectivity index is 1.65. The number of methoxy groups -OCH3 is 2. The normalized spacial score (nSPS) is 15.2. The number of benzene rings is 1. The molecular weight excluding hydrogens is 515 g/mol. The van der Waals surface area contributed by atoms with E-state index in [9.17, 15) is 22.8 Å². The molecule has 1 aliphatic heterocycles. The van der Waals surface area contributed by atoms with Crippen molar-refractivity contribution in [2.75, 3.05) is 25.7 Å². The van der Waals surface area contributed by atoms with Crippen LogP contribution in [0.2, 0.25) is 5.02 Å². The van der Waals surface area contributed by atoms with Crippen LogP contribution in [0.25, 0.3) is 0 Å². The maximum atomic E-state index is 13.6. The predicted molar refractivity (Wildman–Crippen MR) is 128 cm³/mol. The predicted octanol–water partition coefficient (Wildman–Crippen LogP) is 4.51. The van der Waals surface area contributed by atoms with Gasteiger partial charge in [0.25, 0.3) is 17.7 Å². The standard InChI is InChI=1S/C24H23ClF3N5O4/c1-4-33-20-17(31-21(34)15-6-5-14(25)10-16(15)24(26,27)28)7-8-32(18(20)12-30-33)23(35)13-9-19(36-2)22(37-3)29-11-13/h5-6,9-12,17H,4,7-8H2,1-3H3,(H,31,34)/t17-/m0/s1. The lowest BCUT2D eigenvalue weighted by Gasteiger charge is -2.33. The van der Waals surface area contributed by atoms with Crippen molar-refractivity contribution in [3.05, 3.63) is 64.1 Å². The highest BCUT2D eigenvalue weighted by atomic mass is 35.5. The molecule has 0 spiro atoms. The van der Waals surface area contributed by atoms with Crippen molar-refractivity contribution < 1.29 is 32.2 Å². The van der Waals surface area contributed by atoms with Crippen molar-refractivity contribution >= 4 is 29.1 Å². The molecule has 2 aromatic heterocycles. The number of hydrogen-bond donors (Lipinski definition) is 1. The van der Waals surface area contributed by atoms with Gasteiger partial charge in [-0.1, -0.05) is 11.6 Å². The van der Waals surface area contributed by atoms with Crippen LogP contribution in [-0.2, 0) is 12.7 Å². The number of alkyl halides is 3. The van der Waals surface area contributed by atoms with Crippen molar-refractivity contribution in [2.45, 2.75) is 32.1 Å². The highest BCUT2D eigenvalue weighted by Gasteiger charge is 2.38. The number of halogens is 4. The van der Waals surface area contributed by atoms with Crippen molar-refractivity contribution in [3.8, 4) is 11.6 Å². The van der Waals surface area contributed by atoms with Crippen molar-refractivity contribution in [1.82, 2.24) is 20.1 Å². The van der Waals surface area contributed by atoms with Gasteiger partial charge in [0, 0.05) is 30.4 Å². The van der Waals surface area contributed by atoms with Crippen LogP contribution < -0.4 is 19.7 Å². The molecule has 13 heteroatoms. The lowest BCUT2D eigenvalue weighted by molar-refractivity contribution is -0.137. The number of carbonyl (C=O) groups is 2. The molecule has 37 heavy (non-hydrogen) atoms. The van der Waals surface area contributed by atoms with Crippen LogP contribution in [-0.4, -0.2) is 47.3 Å². The van der Waals surface area contributed by atoms with Gasteiger partial charge in [-0.05, 0) is 31.5 Å². The van der Waals surface area contributed by atoms with Gasteiger partial charge in [0.2, 0.25) is 0 Å². The quantitative estimate of drug-likeness (QED) is 0.497. The van der Waals surface area contributed by atoms with Gasteiger partial charge in [0.15, 0.2) is 5.75 Å². The Kier molecular flexibility index (Phi) is 7.30. The minimum atomic E-state index is -4.77. The fourth-order valence-corrected chi connectivity index (χ4v) is 4.43. The second kappa shape index (κ2) is 10.3. The first-order valence-electron chi connectivity index (χ1n) is 11.2. The Labute approximate surface area is 215 Å². The second-order valence-corrected chi connectivity index (χ2v) is 8.56. The lowest BCUT2D eigenvalue weighted by atomic mass is 10.0.